The molecule has 0 N–H and O–H groups in total. The first kappa shape index (κ1) is 13.5. The average Bonchev–Trinajstić information content (AvgIpc) is 2.27. The predicted octanol–water partition coefficient (Wildman–Crippen LogP) is 2.12. The Morgan fingerprint density at radius 3 is 2.69 bits per heavy atom. The molecule has 1 fully saturated rings. The molecular formula is C12H22O4. The maximum absolute atomic E-state index is 11.5. The van der Waals surface area contributed by atoms with Gasteiger partial charge >= 0.3 is 5.97 Å². The Labute approximate surface area is 97.2 Å². The summed E-state index contributed by atoms with van der Waals surface area (Å²) in [5.41, 5.74) is 0. The molecule has 0 aromatic heterocycles. The van der Waals surface area contributed by atoms with Crippen molar-refractivity contribution in [2.75, 3.05) is 13.2 Å². The van der Waals surface area contributed by atoms with Crippen LogP contribution in [-0.2, 0) is 19.0 Å². The molecule has 1 aliphatic rings. The molecule has 1 saturated heterocycles. The maximum atomic E-state index is 11.5. The van der Waals surface area contributed by atoms with Crippen LogP contribution in [0, 0.1) is 5.92 Å². The first-order valence-electron chi connectivity index (χ1n) is 6.03. The molecule has 94 valence electrons. The van der Waals surface area contributed by atoms with E-state index in [0.29, 0.717) is 12.5 Å². The molecule has 1 rings (SSSR count). The van der Waals surface area contributed by atoms with Gasteiger partial charge in [-0.15, -0.1) is 0 Å². The highest BCUT2D eigenvalue weighted by Gasteiger charge is 2.22. The molecule has 16 heavy (non-hydrogen) atoms. The van der Waals surface area contributed by atoms with Crippen LogP contribution in [0.2, 0.25) is 0 Å². The van der Waals surface area contributed by atoms with Crippen molar-refractivity contribution >= 4 is 5.97 Å². The molecule has 0 aliphatic carbocycles. The third-order valence-corrected chi connectivity index (χ3v) is 2.38. The van der Waals surface area contributed by atoms with Gasteiger partial charge in [0.1, 0.15) is 0 Å². The molecule has 2 atom stereocenters. The second kappa shape index (κ2) is 6.86. The lowest BCUT2D eigenvalue weighted by Gasteiger charge is -2.25. The fourth-order valence-corrected chi connectivity index (χ4v) is 1.47. The fraction of sp³-hybridized carbons (Fsp3) is 0.917. The number of carbonyl (C=O) groups is 1. The monoisotopic (exact) mass is 230 g/mol. The molecule has 0 bridgehead atoms. The first-order valence-corrected chi connectivity index (χ1v) is 6.03. The predicted molar refractivity (Wildman–Crippen MR) is 59.9 cm³/mol. The minimum atomic E-state index is -0.540. The lowest BCUT2D eigenvalue weighted by atomic mass is 10.2. The second-order valence-electron chi connectivity index (χ2n) is 4.60. The number of hydrogen-bond donors (Lipinski definition) is 0. The third-order valence-electron chi connectivity index (χ3n) is 2.38. The van der Waals surface area contributed by atoms with Crippen molar-refractivity contribution in [3.63, 3.8) is 0 Å². The topological polar surface area (TPSA) is 44.8 Å². The van der Waals surface area contributed by atoms with Gasteiger partial charge < -0.3 is 14.2 Å². The highest BCUT2D eigenvalue weighted by molar-refractivity contribution is 5.74. The summed E-state index contributed by atoms with van der Waals surface area (Å²) in [7, 11) is 0. The average molecular weight is 230 g/mol. The zero-order chi connectivity index (χ0) is 12.0. The SMILES string of the molecule is CC(C)COC(=O)C(C)O[C@@H]1CCCCO1. The van der Waals surface area contributed by atoms with E-state index < -0.39 is 6.10 Å². The minimum Gasteiger partial charge on any atom is -0.464 e. The summed E-state index contributed by atoms with van der Waals surface area (Å²) in [6, 6.07) is 0. The number of esters is 1. The van der Waals surface area contributed by atoms with Crippen molar-refractivity contribution in [3.8, 4) is 0 Å². The molecule has 0 radical (unpaired) electrons. The normalized spacial score (nSPS) is 23.1. The molecular weight excluding hydrogens is 208 g/mol. The van der Waals surface area contributed by atoms with Gasteiger partial charge in [0.15, 0.2) is 12.4 Å². The van der Waals surface area contributed by atoms with E-state index in [4.69, 9.17) is 14.2 Å². The van der Waals surface area contributed by atoms with Crippen molar-refractivity contribution in [2.45, 2.75) is 52.4 Å². The molecule has 0 aromatic carbocycles. The molecule has 1 aliphatic heterocycles. The van der Waals surface area contributed by atoms with Crippen molar-refractivity contribution < 1.29 is 19.0 Å². The highest BCUT2D eigenvalue weighted by Crippen LogP contribution is 2.15. The summed E-state index contributed by atoms with van der Waals surface area (Å²) in [6.07, 6.45) is 2.25. The van der Waals surface area contributed by atoms with Gasteiger partial charge in [-0.1, -0.05) is 13.8 Å². The van der Waals surface area contributed by atoms with E-state index in [9.17, 15) is 4.79 Å². The van der Waals surface area contributed by atoms with Gasteiger partial charge in [-0.2, -0.15) is 0 Å². The quantitative estimate of drug-likeness (QED) is 0.679. The van der Waals surface area contributed by atoms with Crippen LogP contribution >= 0.6 is 0 Å². The van der Waals surface area contributed by atoms with E-state index in [0.717, 1.165) is 25.9 Å². The van der Waals surface area contributed by atoms with E-state index in [1.807, 2.05) is 13.8 Å². The van der Waals surface area contributed by atoms with Crippen molar-refractivity contribution in [1.82, 2.24) is 0 Å². The van der Waals surface area contributed by atoms with Crippen LogP contribution < -0.4 is 0 Å². The summed E-state index contributed by atoms with van der Waals surface area (Å²) in [6.45, 7) is 6.88. The van der Waals surface area contributed by atoms with Crippen LogP contribution in [0.3, 0.4) is 0 Å². The number of ether oxygens (including phenoxy) is 3. The Bertz CT molecular complexity index is 209. The Hall–Kier alpha value is -0.610. The van der Waals surface area contributed by atoms with E-state index >= 15 is 0 Å². The van der Waals surface area contributed by atoms with Gasteiger partial charge in [0, 0.05) is 6.61 Å². The summed E-state index contributed by atoms with van der Waals surface area (Å²) in [5, 5.41) is 0. The Kier molecular flexibility index (Phi) is 5.77. The fourth-order valence-electron chi connectivity index (χ4n) is 1.47. The third kappa shape index (κ3) is 4.94. The maximum Gasteiger partial charge on any atom is 0.335 e. The molecule has 0 spiro atoms. The molecule has 4 nitrogen and oxygen atoms in total. The summed E-state index contributed by atoms with van der Waals surface area (Å²) >= 11 is 0. The number of carbonyl (C=O) groups excluding carboxylic acids is 1. The van der Waals surface area contributed by atoms with Gasteiger partial charge in [0.25, 0.3) is 0 Å². The molecule has 0 aromatic rings. The van der Waals surface area contributed by atoms with Gasteiger partial charge in [-0.05, 0) is 32.1 Å². The van der Waals surface area contributed by atoms with Crippen molar-refractivity contribution in [2.24, 2.45) is 5.92 Å². The molecule has 1 heterocycles. The Balaban J connectivity index is 2.21. The Morgan fingerprint density at radius 2 is 2.12 bits per heavy atom. The van der Waals surface area contributed by atoms with Crippen LogP contribution in [-0.4, -0.2) is 31.6 Å². The standard InChI is InChI=1S/C12H22O4/c1-9(2)8-15-12(13)10(3)16-11-6-4-5-7-14-11/h9-11H,4-8H2,1-3H3/t10?,11-/m1/s1. The first-order chi connectivity index (χ1) is 7.59. The van der Waals surface area contributed by atoms with Crippen LogP contribution in [0.15, 0.2) is 0 Å². The van der Waals surface area contributed by atoms with E-state index in [1.54, 1.807) is 6.92 Å². The van der Waals surface area contributed by atoms with Gasteiger partial charge in [-0.3, -0.25) is 0 Å². The van der Waals surface area contributed by atoms with Gasteiger partial charge in [0.05, 0.1) is 6.61 Å². The molecule has 0 saturated carbocycles. The zero-order valence-corrected chi connectivity index (χ0v) is 10.4. The van der Waals surface area contributed by atoms with Crippen LogP contribution in [0.4, 0.5) is 0 Å². The lowest BCUT2D eigenvalue weighted by Crippen LogP contribution is -2.32. The van der Waals surface area contributed by atoms with Crippen LogP contribution in [0.1, 0.15) is 40.0 Å². The summed E-state index contributed by atoms with van der Waals surface area (Å²) in [5.74, 6) is 0.0463. The molecule has 1 unspecified atom stereocenters. The second-order valence-corrected chi connectivity index (χ2v) is 4.60. The van der Waals surface area contributed by atoms with Gasteiger partial charge in [-0.25, -0.2) is 4.79 Å². The van der Waals surface area contributed by atoms with Gasteiger partial charge in [0.2, 0.25) is 0 Å². The smallest absolute Gasteiger partial charge is 0.335 e. The van der Waals surface area contributed by atoms with E-state index in [1.165, 1.54) is 0 Å². The zero-order valence-electron chi connectivity index (χ0n) is 10.4. The van der Waals surface area contributed by atoms with Crippen LogP contribution in [0.25, 0.3) is 0 Å². The highest BCUT2D eigenvalue weighted by atomic mass is 16.7. The summed E-state index contributed by atoms with van der Waals surface area (Å²) in [4.78, 5) is 11.5. The number of rotatable bonds is 5. The molecule has 4 heteroatoms. The van der Waals surface area contributed by atoms with Crippen molar-refractivity contribution in [1.29, 1.82) is 0 Å². The Morgan fingerprint density at radius 1 is 1.38 bits per heavy atom. The number of hydrogen-bond acceptors (Lipinski definition) is 4. The molecule has 0 amide bonds. The summed E-state index contributed by atoms with van der Waals surface area (Å²) < 4.78 is 16.0. The minimum absolute atomic E-state index is 0.240. The lowest BCUT2D eigenvalue weighted by molar-refractivity contribution is -0.201. The van der Waals surface area contributed by atoms with E-state index in [-0.39, 0.29) is 12.3 Å². The largest absolute Gasteiger partial charge is 0.464 e. The van der Waals surface area contributed by atoms with E-state index in [2.05, 4.69) is 0 Å². The van der Waals surface area contributed by atoms with Crippen LogP contribution in [0.5, 0.6) is 0 Å². The van der Waals surface area contributed by atoms with Crippen molar-refractivity contribution in [3.05, 3.63) is 0 Å².